The molecule has 0 radical (unpaired) electrons. The molecule has 2 aliphatic rings. The minimum atomic E-state index is -0.233. The highest BCUT2D eigenvalue weighted by molar-refractivity contribution is 8.77. The van der Waals surface area contributed by atoms with Gasteiger partial charge in [-0.05, 0) is 16.7 Å². The summed E-state index contributed by atoms with van der Waals surface area (Å²) in [6.07, 6.45) is -0.694. The van der Waals surface area contributed by atoms with Gasteiger partial charge in [0.15, 0.2) is 0 Å². The second-order valence-electron chi connectivity index (χ2n) is 8.21. The maximum absolute atomic E-state index is 6.55. The van der Waals surface area contributed by atoms with Crippen molar-refractivity contribution in [1.82, 2.24) is 0 Å². The number of hydrogen-bond donors (Lipinski definition) is 0. The molecule has 0 saturated carbocycles. The molecule has 0 amide bonds. The molecule has 3 aromatic carbocycles. The Kier molecular flexibility index (Phi) is 8.04. The summed E-state index contributed by atoms with van der Waals surface area (Å²) in [6.45, 7) is 1.54. The second kappa shape index (κ2) is 11.6. The maximum Gasteiger partial charge on any atom is 0.142 e. The SMILES string of the molecule is c1ccc(CO[C@H]2[C@@H](OCc3ccccc3)[C@H]3O[C@H](CSS3)[C@H]2OCc2ccccc2)cc1. The van der Waals surface area contributed by atoms with Crippen LogP contribution in [0, 0.1) is 0 Å². The molecule has 5 rings (SSSR count). The third kappa shape index (κ3) is 6.01. The number of rotatable bonds is 9. The molecule has 2 saturated heterocycles. The van der Waals surface area contributed by atoms with E-state index in [0.29, 0.717) is 19.8 Å². The van der Waals surface area contributed by atoms with Gasteiger partial charge in [-0.2, -0.15) is 0 Å². The largest absolute Gasteiger partial charge is 0.368 e. The molecular weight excluding hydrogens is 452 g/mol. The Bertz CT molecular complexity index is 916. The van der Waals surface area contributed by atoms with Gasteiger partial charge in [0.2, 0.25) is 0 Å². The molecule has 0 N–H and O–H groups in total. The fourth-order valence-corrected chi connectivity index (χ4v) is 6.78. The monoisotopic (exact) mass is 480 g/mol. The van der Waals surface area contributed by atoms with E-state index >= 15 is 0 Å². The van der Waals surface area contributed by atoms with Gasteiger partial charge in [-0.3, -0.25) is 0 Å². The van der Waals surface area contributed by atoms with E-state index in [1.807, 2.05) is 65.4 Å². The highest BCUT2D eigenvalue weighted by atomic mass is 33.1. The predicted octanol–water partition coefficient (Wildman–Crippen LogP) is 5.86. The molecule has 2 fully saturated rings. The second-order valence-corrected chi connectivity index (χ2v) is 10.7. The summed E-state index contributed by atoms with van der Waals surface area (Å²) in [4.78, 5) is 0. The van der Waals surface area contributed by atoms with E-state index in [9.17, 15) is 0 Å². The van der Waals surface area contributed by atoms with Crippen LogP contribution in [0.4, 0.5) is 0 Å². The maximum atomic E-state index is 6.55. The molecule has 33 heavy (non-hydrogen) atoms. The molecule has 5 atom stereocenters. The Hall–Kier alpha value is -1.80. The average Bonchev–Trinajstić information content (AvgIpc) is 2.88. The molecule has 2 heterocycles. The number of hydrogen-bond acceptors (Lipinski definition) is 6. The number of benzene rings is 3. The van der Waals surface area contributed by atoms with Gasteiger partial charge >= 0.3 is 0 Å². The number of ether oxygens (including phenoxy) is 4. The van der Waals surface area contributed by atoms with E-state index in [1.54, 1.807) is 10.8 Å². The van der Waals surface area contributed by atoms with E-state index in [2.05, 4.69) is 36.4 Å². The van der Waals surface area contributed by atoms with E-state index < -0.39 is 0 Å². The Balaban J connectivity index is 1.35. The zero-order chi connectivity index (χ0) is 22.3. The zero-order valence-electron chi connectivity index (χ0n) is 18.3. The zero-order valence-corrected chi connectivity index (χ0v) is 20.0. The van der Waals surface area contributed by atoms with Crippen LogP contribution in [0.2, 0.25) is 0 Å². The Morgan fingerprint density at radius 2 is 1.06 bits per heavy atom. The van der Waals surface area contributed by atoms with Crippen LogP contribution >= 0.6 is 21.6 Å². The summed E-state index contributed by atoms with van der Waals surface area (Å²) < 4.78 is 25.9. The van der Waals surface area contributed by atoms with Crippen molar-refractivity contribution in [2.24, 2.45) is 0 Å². The Morgan fingerprint density at radius 1 is 0.606 bits per heavy atom. The highest BCUT2D eigenvalue weighted by Crippen LogP contribution is 2.45. The van der Waals surface area contributed by atoms with E-state index in [4.69, 9.17) is 18.9 Å². The first-order valence-electron chi connectivity index (χ1n) is 11.3. The van der Waals surface area contributed by atoms with Crippen molar-refractivity contribution < 1.29 is 18.9 Å². The van der Waals surface area contributed by atoms with Crippen molar-refractivity contribution in [1.29, 1.82) is 0 Å². The predicted molar refractivity (Wildman–Crippen MR) is 134 cm³/mol. The fraction of sp³-hybridized carbons (Fsp3) is 0.333. The van der Waals surface area contributed by atoms with Gasteiger partial charge in [-0.1, -0.05) is 113 Å². The van der Waals surface area contributed by atoms with Crippen LogP contribution in [0.5, 0.6) is 0 Å². The molecule has 172 valence electrons. The van der Waals surface area contributed by atoms with Gasteiger partial charge < -0.3 is 18.9 Å². The summed E-state index contributed by atoms with van der Waals surface area (Å²) in [7, 11) is 3.57. The normalized spacial score (nSPS) is 26.7. The van der Waals surface area contributed by atoms with Crippen LogP contribution in [0.3, 0.4) is 0 Å². The molecular formula is C27H28O4S2. The van der Waals surface area contributed by atoms with Gasteiger partial charge in [-0.15, -0.1) is 0 Å². The molecule has 0 aromatic heterocycles. The minimum Gasteiger partial charge on any atom is -0.368 e. The molecule has 4 nitrogen and oxygen atoms in total. The summed E-state index contributed by atoms with van der Waals surface area (Å²) in [6, 6.07) is 30.8. The lowest BCUT2D eigenvalue weighted by Crippen LogP contribution is -2.61. The summed E-state index contributed by atoms with van der Waals surface area (Å²) in [5.74, 6) is 0.872. The third-order valence-electron chi connectivity index (χ3n) is 5.84. The Morgan fingerprint density at radius 3 is 1.58 bits per heavy atom. The lowest BCUT2D eigenvalue weighted by atomic mass is 9.99. The van der Waals surface area contributed by atoms with Crippen molar-refractivity contribution in [2.75, 3.05) is 5.75 Å². The molecule has 2 aliphatic heterocycles. The van der Waals surface area contributed by atoms with E-state index in [-0.39, 0.29) is 29.9 Å². The highest BCUT2D eigenvalue weighted by Gasteiger charge is 2.50. The quantitative estimate of drug-likeness (QED) is 0.357. The molecule has 6 heteroatoms. The van der Waals surface area contributed by atoms with Gasteiger partial charge in [0.1, 0.15) is 23.7 Å². The summed E-state index contributed by atoms with van der Waals surface area (Å²) >= 11 is 0. The van der Waals surface area contributed by atoms with Crippen molar-refractivity contribution in [3.63, 3.8) is 0 Å². The lowest BCUT2D eigenvalue weighted by Gasteiger charge is -2.48. The minimum absolute atomic E-state index is 0.0256. The molecule has 0 spiro atoms. The first-order valence-corrected chi connectivity index (χ1v) is 13.7. The first-order chi connectivity index (χ1) is 16.4. The topological polar surface area (TPSA) is 36.9 Å². The smallest absolute Gasteiger partial charge is 0.142 e. The van der Waals surface area contributed by atoms with Crippen LogP contribution in [0.1, 0.15) is 16.7 Å². The third-order valence-corrected chi connectivity index (χ3v) is 8.40. The van der Waals surface area contributed by atoms with Gasteiger partial charge in [0.25, 0.3) is 0 Å². The van der Waals surface area contributed by atoms with Crippen LogP contribution in [0.15, 0.2) is 91.0 Å². The van der Waals surface area contributed by atoms with Gasteiger partial charge in [-0.25, -0.2) is 0 Å². The van der Waals surface area contributed by atoms with E-state index in [1.165, 1.54) is 0 Å². The molecule has 2 bridgehead atoms. The fourth-order valence-electron chi connectivity index (χ4n) is 4.13. The Labute approximate surface area is 203 Å². The van der Waals surface area contributed by atoms with E-state index in [0.717, 1.165) is 22.4 Å². The first kappa shape index (κ1) is 23.0. The average molecular weight is 481 g/mol. The summed E-state index contributed by atoms with van der Waals surface area (Å²) in [5.41, 5.74) is 3.33. The van der Waals surface area contributed by atoms with Gasteiger partial charge in [0, 0.05) is 5.75 Å². The van der Waals surface area contributed by atoms with Crippen LogP contribution in [-0.4, -0.2) is 35.6 Å². The summed E-state index contributed by atoms with van der Waals surface area (Å²) in [5, 5.41) is 0. The van der Waals surface area contributed by atoms with Gasteiger partial charge in [0.05, 0.1) is 25.9 Å². The van der Waals surface area contributed by atoms with Crippen LogP contribution in [0.25, 0.3) is 0 Å². The molecule has 0 aliphatic carbocycles. The van der Waals surface area contributed by atoms with Crippen molar-refractivity contribution in [3.05, 3.63) is 108 Å². The van der Waals surface area contributed by atoms with Crippen molar-refractivity contribution in [2.45, 2.75) is 49.7 Å². The van der Waals surface area contributed by atoms with Crippen LogP contribution < -0.4 is 0 Å². The van der Waals surface area contributed by atoms with Crippen molar-refractivity contribution in [3.8, 4) is 0 Å². The molecule has 3 aromatic rings. The van der Waals surface area contributed by atoms with Crippen molar-refractivity contribution >= 4 is 21.6 Å². The standard InChI is InChI=1S/C27H28O4S2/c1-4-10-20(11-5-1)16-28-24-23-19-32-33-27(31-23)26(30-18-22-14-8-3-9-15-22)25(24)29-17-21-12-6-2-7-13-21/h1-15,23-27H,16-19H2/t23-,24-,25-,26-,27+/m1/s1. The number of fused-ring (bicyclic) bond motifs is 2. The lowest BCUT2D eigenvalue weighted by molar-refractivity contribution is -0.242. The van der Waals surface area contributed by atoms with Crippen LogP contribution in [-0.2, 0) is 38.8 Å². The molecule has 0 unspecified atom stereocenters.